The lowest BCUT2D eigenvalue weighted by Gasteiger charge is -2.08. The molecule has 0 spiro atoms. The van der Waals surface area contributed by atoms with Gasteiger partial charge in [-0.25, -0.2) is 4.68 Å². The second-order valence-electron chi connectivity index (χ2n) is 3.02. The van der Waals surface area contributed by atoms with Gasteiger partial charge in [-0.3, -0.25) is 4.79 Å². The highest BCUT2D eigenvalue weighted by Crippen LogP contribution is 2.15. The summed E-state index contributed by atoms with van der Waals surface area (Å²) in [5.41, 5.74) is 0.631. The fourth-order valence-electron chi connectivity index (χ4n) is 1.14. The van der Waals surface area contributed by atoms with E-state index in [1.165, 1.54) is 4.68 Å². The van der Waals surface area contributed by atoms with E-state index in [-0.39, 0.29) is 5.56 Å². The Bertz CT molecular complexity index is 377. The number of halogens is 1. The van der Waals surface area contributed by atoms with Gasteiger partial charge in [0.25, 0.3) is 5.56 Å². The molecule has 0 saturated carbocycles. The van der Waals surface area contributed by atoms with Gasteiger partial charge in [0.15, 0.2) is 0 Å². The maximum absolute atomic E-state index is 11.7. The summed E-state index contributed by atoms with van der Waals surface area (Å²) in [6, 6.07) is 0. The summed E-state index contributed by atoms with van der Waals surface area (Å²) in [7, 11) is 1.88. The van der Waals surface area contributed by atoms with Gasteiger partial charge in [-0.15, -0.1) is 0 Å². The van der Waals surface area contributed by atoms with E-state index in [9.17, 15) is 4.79 Å². The summed E-state index contributed by atoms with van der Waals surface area (Å²) >= 11 is 3.27. The predicted molar refractivity (Wildman–Crippen MR) is 64.3 cm³/mol. The largest absolute Gasteiger partial charge is 0.381 e. The zero-order valence-electron chi connectivity index (χ0n) is 8.88. The van der Waals surface area contributed by atoms with Crippen LogP contribution in [0.3, 0.4) is 0 Å². The van der Waals surface area contributed by atoms with Crippen molar-refractivity contribution in [2.45, 2.75) is 13.5 Å². The molecule has 2 N–H and O–H groups in total. The first-order valence-corrected chi connectivity index (χ1v) is 5.64. The van der Waals surface area contributed by atoms with Crippen molar-refractivity contribution >= 4 is 21.6 Å². The minimum absolute atomic E-state index is 0.105. The maximum atomic E-state index is 11.7. The van der Waals surface area contributed by atoms with Crippen LogP contribution < -0.4 is 16.2 Å². The highest BCUT2D eigenvalue weighted by atomic mass is 79.9. The first-order valence-electron chi connectivity index (χ1n) is 4.84. The molecule has 0 aromatic carbocycles. The third kappa shape index (κ3) is 3.04. The Kier molecular flexibility index (Phi) is 4.77. The molecule has 0 aliphatic heterocycles. The quantitative estimate of drug-likeness (QED) is 0.775. The SMILES string of the molecule is CCn1ncc(NCCNC)c(Br)c1=O. The summed E-state index contributed by atoms with van der Waals surface area (Å²) in [6.07, 6.45) is 1.66. The molecule has 0 aliphatic rings. The van der Waals surface area contributed by atoms with Crippen LogP contribution in [0.15, 0.2) is 15.5 Å². The van der Waals surface area contributed by atoms with Crippen LogP contribution in [0.2, 0.25) is 0 Å². The molecule has 1 aromatic rings. The predicted octanol–water partition coefficient (Wildman–Crippen LogP) is 0.657. The molecule has 84 valence electrons. The molecule has 0 unspecified atom stereocenters. The Balaban J connectivity index is 2.82. The first-order chi connectivity index (χ1) is 7.20. The van der Waals surface area contributed by atoms with Crippen LogP contribution in [-0.2, 0) is 6.54 Å². The van der Waals surface area contributed by atoms with Gasteiger partial charge in [-0.1, -0.05) is 0 Å². The molecular formula is C9H15BrN4O. The number of hydrogen-bond donors (Lipinski definition) is 2. The Morgan fingerprint density at radius 3 is 2.87 bits per heavy atom. The molecule has 5 nitrogen and oxygen atoms in total. The number of rotatable bonds is 5. The zero-order valence-corrected chi connectivity index (χ0v) is 10.5. The second kappa shape index (κ2) is 5.87. The fourth-order valence-corrected chi connectivity index (χ4v) is 1.58. The molecule has 1 aromatic heterocycles. The van der Waals surface area contributed by atoms with Crippen LogP contribution in [0.4, 0.5) is 5.69 Å². The number of aromatic nitrogens is 2. The molecule has 6 heteroatoms. The average Bonchev–Trinajstić information content (AvgIpc) is 2.25. The second-order valence-corrected chi connectivity index (χ2v) is 3.82. The molecule has 0 atom stereocenters. The van der Waals surface area contributed by atoms with Crippen molar-refractivity contribution in [1.82, 2.24) is 15.1 Å². The molecule has 1 heterocycles. The summed E-state index contributed by atoms with van der Waals surface area (Å²) in [5.74, 6) is 0. The van der Waals surface area contributed by atoms with Crippen LogP contribution in [-0.4, -0.2) is 29.9 Å². The van der Waals surface area contributed by atoms with E-state index in [2.05, 4.69) is 31.7 Å². The van der Waals surface area contributed by atoms with Gasteiger partial charge in [0.05, 0.1) is 11.9 Å². The van der Waals surface area contributed by atoms with Crippen LogP contribution in [0.5, 0.6) is 0 Å². The van der Waals surface area contributed by atoms with Crippen LogP contribution in [0, 0.1) is 0 Å². The van der Waals surface area contributed by atoms with Crippen molar-refractivity contribution < 1.29 is 0 Å². The minimum Gasteiger partial charge on any atom is -0.381 e. The number of anilines is 1. The topological polar surface area (TPSA) is 59.0 Å². The van der Waals surface area contributed by atoms with Gasteiger partial charge >= 0.3 is 0 Å². The van der Waals surface area contributed by atoms with Gasteiger partial charge < -0.3 is 10.6 Å². The monoisotopic (exact) mass is 274 g/mol. The normalized spacial score (nSPS) is 10.3. The maximum Gasteiger partial charge on any atom is 0.283 e. The number of likely N-dealkylation sites (N-methyl/N-ethyl adjacent to an activating group) is 1. The third-order valence-electron chi connectivity index (χ3n) is 1.97. The molecule has 0 saturated heterocycles. The lowest BCUT2D eigenvalue weighted by atomic mass is 10.4. The number of hydrogen-bond acceptors (Lipinski definition) is 4. The Hall–Kier alpha value is -0.880. The van der Waals surface area contributed by atoms with Gasteiger partial charge in [0.1, 0.15) is 4.47 Å². The van der Waals surface area contributed by atoms with Crippen molar-refractivity contribution in [3.8, 4) is 0 Å². The number of nitrogens with one attached hydrogen (secondary N) is 2. The molecule has 1 rings (SSSR count). The van der Waals surface area contributed by atoms with E-state index in [1.54, 1.807) is 6.20 Å². The van der Waals surface area contributed by atoms with Crippen molar-refractivity contribution in [1.29, 1.82) is 0 Å². The molecule has 0 aliphatic carbocycles. The van der Waals surface area contributed by atoms with Crippen LogP contribution in [0.1, 0.15) is 6.92 Å². The molecule has 0 fully saturated rings. The molecule has 0 bridgehead atoms. The number of aryl methyl sites for hydroxylation is 1. The third-order valence-corrected chi connectivity index (χ3v) is 2.74. The molecule has 15 heavy (non-hydrogen) atoms. The minimum atomic E-state index is -0.105. The molecule has 0 amide bonds. The van der Waals surface area contributed by atoms with E-state index in [1.807, 2.05) is 14.0 Å². The highest BCUT2D eigenvalue weighted by molar-refractivity contribution is 9.10. The fraction of sp³-hybridized carbons (Fsp3) is 0.556. The lowest BCUT2D eigenvalue weighted by Crippen LogP contribution is -2.25. The summed E-state index contributed by atoms with van der Waals surface area (Å²) in [6.45, 7) is 4.05. The van der Waals surface area contributed by atoms with Gasteiger partial charge in [0.2, 0.25) is 0 Å². The smallest absolute Gasteiger partial charge is 0.283 e. The van der Waals surface area contributed by atoms with Crippen molar-refractivity contribution in [2.24, 2.45) is 0 Å². The highest BCUT2D eigenvalue weighted by Gasteiger charge is 2.06. The van der Waals surface area contributed by atoms with Crippen molar-refractivity contribution in [3.05, 3.63) is 21.0 Å². The molecular weight excluding hydrogens is 260 g/mol. The van der Waals surface area contributed by atoms with E-state index in [0.717, 1.165) is 18.8 Å². The summed E-state index contributed by atoms with van der Waals surface area (Å²) < 4.78 is 1.95. The van der Waals surface area contributed by atoms with Crippen molar-refractivity contribution in [3.63, 3.8) is 0 Å². The summed E-state index contributed by atoms with van der Waals surface area (Å²) in [5, 5.41) is 10.2. The van der Waals surface area contributed by atoms with Gasteiger partial charge in [0, 0.05) is 19.6 Å². The van der Waals surface area contributed by atoms with Crippen LogP contribution in [0.25, 0.3) is 0 Å². The van der Waals surface area contributed by atoms with E-state index < -0.39 is 0 Å². The van der Waals surface area contributed by atoms with E-state index in [0.29, 0.717) is 11.0 Å². The van der Waals surface area contributed by atoms with Gasteiger partial charge in [-0.2, -0.15) is 5.10 Å². The van der Waals surface area contributed by atoms with Gasteiger partial charge in [-0.05, 0) is 29.9 Å². The van der Waals surface area contributed by atoms with E-state index >= 15 is 0 Å². The standard InChI is InChI=1S/C9H15BrN4O/c1-3-14-9(15)8(10)7(6-13-14)12-5-4-11-2/h6,11-12H,3-5H2,1-2H3. The van der Waals surface area contributed by atoms with E-state index in [4.69, 9.17) is 0 Å². The van der Waals surface area contributed by atoms with Crippen molar-refractivity contribution in [2.75, 3.05) is 25.5 Å². The Morgan fingerprint density at radius 1 is 1.53 bits per heavy atom. The van der Waals surface area contributed by atoms with Crippen LogP contribution >= 0.6 is 15.9 Å². The Labute approximate surface area is 97.0 Å². The first kappa shape index (κ1) is 12.2. The zero-order chi connectivity index (χ0) is 11.3. The average molecular weight is 275 g/mol. The summed E-state index contributed by atoms with van der Waals surface area (Å²) in [4.78, 5) is 11.7. The molecule has 0 radical (unpaired) electrons. The lowest BCUT2D eigenvalue weighted by molar-refractivity contribution is 0.612. The number of nitrogens with zero attached hydrogens (tertiary/aromatic N) is 2. The Morgan fingerprint density at radius 2 is 2.27 bits per heavy atom.